The Balaban J connectivity index is 2.22. The maximum Gasteiger partial charge on any atom is 0.201 e. The third-order valence-electron chi connectivity index (χ3n) is 3.72. The van der Waals surface area contributed by atoms with E-state index < -0.39 is 0 Å². The smallest absolute Gasteiger partial charge is 0.201 e. The fraction of sp³-hybridized carbons (Fsp3) is 0.158. The highest BCUT2D eigenvalue weighted by molar-refractivity contribution is 8.00. The van der Waals surface area contributed by atoms with Crippen molar-refractivity contribution in [1.29, 1.82) is 0 Å². The van der Waals surface area contributed by atoms with Gasteiger partial charge in [-0.25, -0.2) is 4.98 Å². The molecule has 2 nitrogen and oxygen atoms in total. The topological polar surface area (TPSA) is 30.0 Å². The minimum Gasteiger partial charge on any atom is -0.288 e. The quantitative estimate of drug-likeness (QED) is 0.278. The molecule has 0 fully saturated rings. The van der Waals surface area contributed by atoms with Crippen LogP contribution in [0, 0.1) is 0 Å². The number of hydrogen-bond donors (Lipinski definition) is 0. The van der Waals surface area contributed by atoms with Crippen LogP contribution >= 0.6 is 23.1 Å². The van der Waals surface area contributed by atoms with Crippen molar-refractivity contribution in [2.24, 2.45) is 0 Å². The summed E-state index contributed by atoms with van der Waals surface area (Å²) in [6.07, 6.45) is 0. The summed E-state index contributed by atoms with van der Waals surface area (Å²) in [4.78, 5) is 19.7. The maximum atomic E-state index is 13.0. The van der Waals surface area contributed by atoms with Crippen LogP contribution in [-0.2, 0) is 0 Å². The van der Waals surface area contributed by atoms with Gasteiger partial charge < -0.3 is 0 Å². The Hall–Kier alpha value is -1.91. The van der Waals surface area contributed by atoms with E-state index in [1.807, 2.05) is 42.5 Å². The number of aromatic nitrogens is 1. The van der Waals surface area contributed by atoms with Gasteiger partial charge in [-0.1, -0.05) is 50.2 Å². The van der Waals surface area contributed by atoms with Crippen LogP contribution in [0.5, 0.6) is 0 Å². The summed E-state index contributed by atoms with van der Waals surface area (Å²) in [5.74, 6) is 0. The molecule has 2 aromatic rings. The zero-order valence-electron chi connectivity index (χ0n) is 12.9. The van der Waals surface area contributed by atoms with Gasteiger partial charge in [-0.05, 0) is 12.1 Å². The van der Waals surface area contributed by atoms with E-state index >= 15 is 0 Å². The first kappa shape index (κ1) is 14.7. The van der Waals surface area contributed by atoms with Crippen molar-refractivity contribution in [2.45, 2.75) is 24.0 Å². The third-order valence-corrected chi connectivity index (χ3v) is 6.11. The van der Waals surface area contributed by atoms with Gasteiger partial charge in [0, 0.05) is 16.0 Å². The first-order chi connectivity index (χ1) is 11.1. The van der Waals surface area contributed by atoms with Gasteiger partial charge in [-0.15, -0.1) is 23.1 Å². The summed E-state index contributed by atoms with van der Waals surface area (Å²) in [5.41, 5.74) is 2.04. The van der Waals surface area contributed by atoms with Crippen molar-refractivity contribution in [3.8, 4) is 10.6 Å². The number of para-hydroxylation sites is 1. The van der Waals surface area contributed by atoms with E-state index in [1.165, 1.54) is 0 Å². The molecule has 1 aliphatic heterocycles. The molecule has 1 aliphatic carbocycles. The maximum absolute atomic E-state index is 13.0. The molecule has 0 radical (unpaired) electrons. The molecule has 0 saturated heterocycles. The number of hydrogen-bond acceptors (Lipinski definition) is 4. The van der Waals surface area contributed by atoms with Gasteiger partial charge in [0.2, 0.25) is 5.43 Å². The average molecular weight is 337 g/mol. The SMILES string of the molecule is CC(C)Sc1c2sc3ccccc3nc-2c2ccccc2c1=O. The summed E-state index contributed by atoms with van der Waals surface area (Å²) >= 11 is 3.30. The zero-order chi connectivity index (χ0) is 16.0. The summed E-state index contributed by atoms with van der Waals surface area (Å²) in [7, 11) is 0. The van der Waals surface area contributed by atoms with Crippen LogP contribution in [0.2, 0.25) is 0 Å². The minimum atomic E-state index is 0.125. The first-order valence-electron chi connectivity index (χ1n) is 7.56. The second-order valence-corrected chi connectivity index (χ2v) is 8.37. The molecule has 0 bridgehead atoms. The average Bonchev–Trinajstić information content (AvgIpc) is 2.57. The largest absolute Gasteiger partial charge is 0.288 e. The van der Waals surface area contributed by atoms with Gasteiger partial charge >= 0.3 is 0 Å². The van der Waals surface area contributed by atoms with E-state index in [2.05, 4.69) is 19.9 Å². The van der Waals surface area contributed by atoms with Crippen molar-refractivity contribution in [3.05, 3.63) is 58.8 Å². The minimum absolute atomic E-state index is 0.125. The summed E-state index contributed by atoms with van der Waals surface area (Å²) in [6.45, 7) is 4.23. The number of nitrogens with zero attached hydrogens (tertiary/aromatic N) is 1. The second kappa shape index (κ2) is 5.62. The molecule has 0 aromatic heterocycles. The predicted molar refractivity (Wildman–Crippen MR) is 101 cm³/mol. The van der Waals surface area contributed by atoms with E-state index in [9.17, 15) is 4.79 Å². The highest BCUT2D eigenvalue weighted by Crippen LogP contribution is 2.41. The van der Waals surface area contributed by atoms with E-state index in [4.69, 9.17) is 4.98 Å². The van der Waals surface area contributed by atoms with Crippen molar-refractivity contribution in [1.82, 2.24) is 4.98 Å². The molecule has 114 valence electrons. The fourth-order valence-electron chi connectivity index (χ4n) is 2.76. The summed E-state index contributed by atoms with van der Waals surface area (Å²) in [6, 6.07) is 15.9. The normalized spacial score (nSPS) is 11.8. The first-order valence-corrected chi connectivity index (χ1v) is 9.25. The van der Waals surface area contributed by atoms with Crippen molar-refractivity contribution in [2.75, 3.05) is 0 Å². The molecule has 4 heteroatoms. The molecule has 0 N–H and O–H groups in total. The third kappa shape index (κ3) is 2.42. The highest BCUT2D eigenvalue weighted by atomic mass is 32.2. The van der Waals surface area contributed by atoms with Gasteiger partial charge in [0.15, 0.2) is 0 Å². The van der Waals surface area contributed by atoms with Crippen LogP contribution in [0.4, 0.5) is 0 Å². The lowest BCUT2D eigenvalue weighted by atomic mass is 10.1. The lowest BCUT2D eigenvalue weighted by Crippen LogP contribution is -2.10. The molecule has 0 unspecified atom stereocenters. The molecule has 2 aliphatic rings. The number of fused-ring (bicyclic) bond motifs is 4. The van der Waals surface area contributed by atoms with Crippen LogP contribution in [0.15, 0.2) is 58.2 Å². The second-order valence-electron chi connectivity index (χ2n) is 5.73. The number of thioether (sulfide) groups is 1. The Bertz CT molecular complexity index is 1050. The van der Waals surface area contributed by atoms with Crippen LogP contribution < -0.4 is 5.43 Å². The molecule has 1 heterocycles. The Morgan fingerprint density at radius 2 is 1.70 bits per heavy atom. The van der Waals surface area contributed by atoms with Gasteiger partial charge in [0.25, 0.3) is 0 Å². The molecule has 0 atom stereocenters. The standard InChI is InChI=1S/C19H15NOS2/c1-11(2)22-19-17(21)13-8-4-3-7-12(13)16-18(19)23-15-10-6-5-9-14(15)20-16/h3-11H,1-2H3. The van der Waals surface area contributed by atoms with Crippen LogP contribution in [0.3, 0.4) is 0 Å². The predicted octanol–water partition coefficient (Wildman–Crippen LogP) is 5.42. The van der Waals surface area contributed by atoms with E-state index in [1.54, 1.807) is 23.1 Å². The molecule has 4 rings (SSSR count). The van der Waals surface area contributed by atoms with Gasteiger partial charge in [-0.3, -0.25) is 4.79 Å². The van der Waals surface area contributed by atoms with Crippen molar-refractivity contribution >= 4 is 44.1 Å². The van der Waals surface area contributed by atoms with Crippen molar-refractivity contribution < 1.29 is 0 Å². The summed E-state index contributed by atoms with van der Waals surface area (Å²) < 4.78 is 1.11. The fourth-order valence-corrected chi connectivity index (χ4v) is 4.94. The van der Waals surface area contributed by atoms with Crippen LogP contribution in [0.1, 0.15) is 13.8 Å². The molecular weight excluding hydrogens is 322 g/mol. The summed E-state index contributed by atoms with van der Waals surface area (Å²) in [5, 5.41) is 2.06. The molecular formula is C19H15NOS2. The monoisotopic (exact) mass is 337 g/mol. The zero-order valence-corrected chi connectivity index (χ0v) is 14.5. The Labute approximate surface area is 142 Å². The molecule has 0 saturated carbocycles. The Kier molecular flexibility index (Phi) is 3.58. The van der Waals surface area contributed by atoms with Crippen LogP contribution in [0.25, 0.3) is 31.6 Å². The Morgan fingerprint density at radius 1 is 1.00 bits per heavy atom. The molecule has 0 spiro atoms. The molecule has 23 heavy (non-hydrogen) atoms. The van der Waals surface area contributed by atoms with E-state index in [0.29, 0.717) is 5.25 Å². The number of benzene rings is 3. The molecule has 2 aromatic carbocycles. The lowest BCUT2D eigenvalue weighted by molar-refractivity contribution is 1.11. The molecule has 0 amide bonds. The van der Waals surface area contributed by atoms with Gasteiger partial charge in [0.1, 0.15) is 0 Å². The van der Waals surface area contributed by atoms with Crippen molar-refractivity contribution in [3.63, 3.8) is 0 Å². The van der Waals surface area contributed by atoms with Gasteiger partial charge in [0.05, 0.1) is 25.7 Å². The lowest BCUT2D eigenvalue weighted by Gasteiger charge is -2.15. The Morgan fingerprint density at radius 3 is 2.48 bits per heavy atom. The van der Waals surface area contributed by atoms with Crippen LogP contribution in [-0.4, -0.2) is 10.2 Å². The number of rotatable bonds is 2. The van der Waals surface area contributed by atoms with E-state index in [-0.39, 0.29) is 5.43 Å². The van der Waals surface area contributed by atoms with Gasteiger partial charge in [-0.2, -0.15) is 0 Å². The highest BCUT2D eigenvalue weighted by Gasteiger charge is 2.21. The van der Waals surface area contributed by atoms with E-state index in [0.717, 1.165) is 36.5 Å².